The monoisotopic (exact) mass is 264 g/mol. The minimum atomic E-state index is -0.369. The Balaban J connectivity index is 2.78. The van der Waals surface area contributed by atoms with Gasteiger partial charge in [-0.1, -0.05) is 12.2 Å². The van der Waals surface area contributed by atoms with Crippen LogP contribution in [0.25, 0.3) is 0 Å². The van der Waals surface area contributed by atoms with Gasteiger partial charge in [0.05, 0.1) is 13.7 Å². The fourth-order valence-corrected chi connectivity index (χ4v) is 1.93. The summed E-state index contributed by atoms with van der Waals surface area (Å²) in [6.07, 6.45) is 10.4. The number of ether oxygens (including phenoxy) is 2. The third kappa shape index (κ3) is 5.55. The van der Waals surface area contributed by atoms with Crippen molar-refractivity contribution < 1.29 is 19.1 Å². The smallest absolute Gasteiger partial charge is 0.330 e. The van der Waals surface area contributed by atoms with Crippen LogP contribution in [0.5, 0.6) is 0 Å². The molecule has 104 valence electrons. The van der Waals surface area contributed by atoms with Crippen LogP contribution in [0, 0.1) is 0 Å². The maximum Gasteiger partial charge on any atom is 0.330 e. The van der Waals surface area contributed by atoms with E-state index in [9.17, 15) is 9.59 Å². The first kappa shape index (κ1) is 15.2. The van der Waals surface area contributed by atoms with E-state index in [4.69, 9.17) is 4.74 Å². The van der Waals surface area contributed by atoms with E-state index in [0.717, 1.165) is 36.8 Å². The molecular formula is C15H20O4. The lowest BCUT2D eigenvalue weighted by Crippen LogP contribution is -2.01. The standard InChI is InChI=1S/C15H20O4/c1-3-19-15(17)11-9-13-7-5-4-6-12(13)8-10-14(16)18-2/h8-11H,3-7H2,1-2H3/b10-8+,11-9+. The highest BCUT2D eigenvalue weighted by Gasteiger charge is 2.09. The number of carbonyl (C=O) groups is 2. The van der Waals surface area contributed by atoms with Crippen LogP contribution in [0.3, 0.4) is 0 Å². The molecule has 4 heteroatoms. The Labute approximate surface area is 113 Å². The molecule has 0 amide bonds. The normalized spacial score (nSPS) is 16.1. The van der Waals surface area contributed by atoms with Crippen LogP contribution >= 0.6 is 0 Å². The van der Waals surface area contributed by atoms with Crippen molar-refractivity contribution in [3.63, 3.8) is 0 Å². The van der Waals surface area contributed by atoms with Crippen molar-refractivity contribution >= 4 is 11.9 Å². The molecule has 0 saturated carbocycles. The van der Waals surface area contributed by atoms with Crippen LogP contribution in [0.15, 0.2) is 35.5 Å². The van der Waals surface area contributed by atoms with Gasteiger partial charge in [0.25, 0.3) is 0 Å². The van der Waals surface area contributed by atoms with Crippen molar-refractivity contribution in [2.45, 2.75) is 32.6 Å². The van der Waals surface area contributed by atoms with Gasteiger partial charge in [-0.2, -0.15) is 0 Å². The van der Waals surface area contributed by atoms with Gasteiger partial charge < -0.3 is 9.47 Å². The molecule has 0 radical (unpaired) electrons. The van der Waals surface area contributed by atoms with E-state index in [2.05, 4.69) is 4.74 Å². The highest BCUT2D eigenvalue weighted by Crippen LogP contribution is 2.26. The molecule has 0 heterocycles. The van der Waals surface area contributed by atoms with Crippen LogP contribution in [0.2, 0.25) is 0 Å². The first-order valence-corrected chi connectivity index (χ1v) is 6.50. The molecule has 0 spiro atoms. The molecule has 1 aliphatic rings. The number of esters is 2. The quantitative estimate of drug-likeness (QED) is 0.566. The van der Waals surface area contributed by atoms with Gasteiger partial charge in [0, 0.05) is 12.2 Å². The van der Waals surface area contributed by atoms with Gasteiger partial charge in [-0.3, -0.25) is 0 Å². The van der Waals surface area contributed by atoms with Crippen molar-refractivity contribution in [2.75, 3.05) is 13.7 Å². The number of hydrogen-bond donors (Lipinski definition) is 0. The Morgan fingerprint density at radius 3 is 2.05 bits per heavy atom. The lowest BCUT2D eigenvalue weighted by atomic mass is 9.91. The molecule has 1 aliphatic carbocycles. The lowest BCUT2D eigenvalue weighted by molar-refractivity contribution is -0.137. The second-order valence-corrected chi connectivity index (χ2v) is 4.20. The molecule has 0 aromatic rings. The zero-order valence-electron chi connectivity index (χ0n) is 11.5. The minimum absolute atomic E-state index is 0.336. The molecule has 0 atom stereocenters. The van der Waals surface area contributed by atoms with Crippen molar-refractivity contribution in [1.29, 1.82) is 0 Å². The van der Waals surface area contributed by atoms with Gasteiger partial charge in [-0.05, 0) is 43.8 Å². The molecule has 19 heavy (non-hydrogen) atoms. The zero-order valence-corrected chi connectivity index (χ0v) is 11.5. The summed E-state index contributed by atoms with van der Waals surface area (Å²) in [6.45, 7) is 2.15. The summed E-state index contributed by atoms with van der Waals surface area (Å²) in [5.41, 5.74) is 2.16. The summed E-state index contributed by atoms with van der Waals surface area (Å²) in [4.78, 5) is 22.4. The molecule has 0 N–H and O–H groups in total. The molecule has 0 saturated heterocycles. The summed E-state index contributed by atoms with van der Waals surface area (Å²) in [6, 6.07) is 0. The number of hydrogen-bond acceptors (Lipinski definition) is 4. The predicted molar refractivity (Wildman–Crippen MR) is 72.4 cm³/mol. The maximum absolute atomic E-state index is 11.3. The van der Waals surface area contributed by atoms with Crippen LogP contribution in [0.4, 0.5) is 0 Å². The Bertz CT molecular complexity index is 416. The van der Waals surface area contributed by atoms with Gasteiger partial charge in [0.2, 0.25) is 0 Å². The van der Waals surface area contributed by atoms with E-state index in [0.29, 0.717) is 6.61 Å². The molecule has 4 nitrogen and oxygen atoms in total. The van der Waals surface area contributed by atoms with Crippen LogP contribution < -0.4 is 0 Å². The molecule has 0 unspecified atom stereocenters. The Morgan fingerprint density at radius 2 is 1.58 bits per heavy atom. The lowest BCUT2D eigenvalue weighted by Gasteiger charge is -2.15. The molecular weight excluding hydrogens is 244 g/mol. The summed E-state index contributed by atoms with van der Waals surface area (Å²) >= 11 is 0. The number of rotatable bonds is 5. The maximum atomic E-state index is 11.3. The van der Waals surface area contributed by atoms with Crippen molar-refractivity contribution in [1.82, 2.24) is 0 Å². The van der Waals surface area contributed by atoms with E-state index >= 15 is 0 Å². The third-order valence-electron chi connectivity index (χ3n) is 2.88. The Kier molecular flexibility index (Phi) is 6.64. The largest absolute Gasteiger partial charge is 0.466 e. The van der Waals surface area contributed by atoms with Crippen molar-refractivity contribution in [2.24, 2.45) is 0 Å². The van der Waals surface area contributed by atoms with Crippen LogP contribution in [-0.4, -0.2) is 25.7 Å². The minimum Gasteiger partial charge on any atom is -0.466 e. The average Bonchev–Trinajstić information content (AvgIpc) is 2.43. The zero-order chi connectivity index (χ0) is 14.1. The molecule has 0 aromatic heterocycles. The van der Waals surface area contributed by atoms with E-state index in [1.807, 2.05) is 0 Å². The van der Waals surface area contributed by atoms with E-state index in [1.54, 1.807) is 19.1 Å². The Hall–Kier alpha value is -1.84. The summed E-state index contributed by atoms with van der Waals surface area (Å²) in [7, 11) is 1.35. The predicted octanol–water partition coefficient (Wildman–Crippen LogP) is 2.71. The fourth-order valence-electron chi connectivity index (χ4n) is 1.93. The first-order valence-electron chi connectivity index (χ1n) is 6.50. The number of carbonyl (C=O) groups excluding carboxylic acids is 2. The third-order valence-corrected chi connectivity index (χ3v) is 2.88. The molecule has 0 fully saturated rings. The second-order valence-electron chi connectivity index (χ2n) is 4.20. The van der Waals surface area contributed by atoms with Gasteiger partial charge in [-0.25, -0.2) is 9.59 Å². The Morgan fingerprint density at radius 1 is 1.05 bits per heavy atom. The highest BCUT2D eigenvalue weighted by molar-refractivity contribution is 5.83. The van der Waals surface area contributed by atoms with Gasteiger partial charge in [-0.15, -0.1) is 0 Å². The summed E-state index contributed by atoms with van der Waals surface area (Å²) in [5.74, 6) is -0.705. The molecule has 0 aromatic carbocycles. The van der Waals surface area contributed by atoms with Crippen LogP contribution in [0.1, 0.15) is 32.6 Å². The van der Waals surface area contributed by atoms with E-state index < -0.39 is 0 Å². The summed E-state index contributed by atoms with van der Waals surface area (Å²) < 4.78 is 9.41. The van der Waals surface area contributed by atoms with Crippen molar-refractivity contribution in [3.05, 3.63) is 35.5 Å². The number of allylic oxidation sites excluding steroid dienone is 4. The van der Waals surface area contributed by atoms with E-state index in [1.165, 1.54) is 19.3 Å². The second kappa shape index (κ2) is 8.29. The fraction of sp³-hybridized carbons (Fsp3) is 0.467. The number of methoxy groups -OCH3 is 1. The molecule has 0 aliphatic heterocycles. The highest BCUT2D eigenvalue weighted by atomic mass is 16.5. The van der Waals surface area contributed by atoms with Crippen molar-refractivity contribution in [3.8, 4) is 0 Å². The molecule has 0 bridgehead atoms. The van der Waals surface area contributed by atoms with E-state index in [-0.39, 0.29) is 11.9 Å². The molecule has 1 rings (SSSR count). The first-order chi connectivity index (χ1) is 9.17. The van der Waals surface area contributed by atoms with Gasteiger partial charge >= 0.3 is 11.9 Å². The van der Waals surface area contributed by atoms with Crippen LogP contribution in [-0.2, 0) is 19.1 Å². The summed E-state index contributed by atoms with van der Waals surface area (Å²) in [5, 5.41) is 0. The SMILES string of the molecule is CCOC(=O)/C=C/C1=C(/C=C/C(=O)OC)CCCC1. The topological polar surface area (TPSA) is 52.6 Å². The van der Waals surface area contributed by atoms with Gasteiger partial charge in [0.1, 0.15) is 0 Å². The van der Waals surface area contributed by atoms with Gasteiger partial charge in [0.15, 0.2) is 0 Å². The average molecular weight is 264 g/mol.